The first-order valence-corrected chi connectivity index (χ1v) is 6.97. The van der Waals surface area contributed by atoms with E-state index < -0.39 is 0 Å². The average molecular weight is 266 g/mol. The maximum Gasteiger partial charge on any atom is 0.224 e. The van der Waals surface area contributed by atoms with E-state index in [2.05, 4.69) is 34.5 Å². The number of aryl methyl sites for hydroxylation is 1. The molecule has 1 aliphatic heterocycles. The van der Waals surface area contributed by atoms with Crippen LogP contribution in [0.4, 0.5) is 17.1 Å². The maximum absolute atomic E-state index is 11.8. The molecular formula is C17H18N2O. The van der Waals surface area contributed by atoms with E-state index in [0.717, 1.165) is 35.6 Å². The lowest BCUT2D eigenvalue weighted by molar-refractivity contribution is -0.116. The lowest BCUT2D eigenvalue weighted by Gasteiger charge is -2.29. The Balaban J connectivity index is 2.08. The second-order valence-corrected chi connectivity index (χ2v) is 5.16. The number of rotatable bonds is 1. The highest BCUT2D eigenvalue weighted by atomic mass is 16.1. The van der Waals surface area contributed by atoms with Crippen LogP contribution in [-0.4, -0.2) is 12.5 Å². The smallest absolute Gasteiger partial charge is 0.224 e. The minimum Gasteiger partial charge on any atom is -0.340 e. The molecule has 3 heteroatoms. The lowest BCUT2D eigenvalue weighted by atomic mass is 10.1. The van der Waals surface area contributed by atoms with E-state index in [1.54, 1.807) is 0 Å². The summed E-state index contributed by atoms with van der Waals surface area (Å²) in [5.74, 6) is 0.101. The Hall–Kier alpha value is -2.29. The number of para-hydroxylation sites is 1. The second-order valence-electron chi connectivity index (χ2n) is 5.16. The highest BCUT2D eigenvalue weighted by Crippen LogP contribution is 2.34. The van der Waals surface area contributed by atoms with Crippen molar-refractivity contribution in [2.24, 2.45) is 0 Å². The van der Waals surface area contributed by atoms with Gasteiger partial charge >= 0.3 is 0 Å². The number of carbonyl (C=O) groups excluding carboxylic acids is 1. The number of hydrogen-bond acceptors (Lipinski definition) is 2. The molecule has 1 N–H and O–H groups in total. The monoisotopic (exact) mass is 266 g/mol. The predicted octanol–water partition coefficient (Wildman–Crippen LogP) is 3.87. The highest BCUT2D eigenvalue weighted by molar-refractivity contribution is 5.96. The summed E-state index contributed by atoms with van der Waals surface area (Å²) in [5, 5.41) is 3.02. The molecule has 0 atom stereocenters. The third-order valence-electron chi connectivity index (χ3n) is 3.57. The number of hydrogen-bond donors (Lipinski definition) is 1. The molecule has 0 spiro atoms. The van der Waals surface area contributed by atoms with E-state index in [9.17, 15) is 4.79 Å². The van der Waals surface area contributed by atoms with Crippen molar-refractivity contribution >= 4 is 23.0 Å². The molecular weight excluding hydrogens is 248 g/mol. The first-order chi connectivity index (χ1) is 9.74. The summed E-state index contributed by atoms with van der Waals surface area (Å²) in [6.07, 6.45) is 1.42. The van der Waals surface area contributed by atoms with Crippen LogP contribution in [0.3, 0.4) is 0 Å². The zero-order valence-corrected chi connectivity index (χ0v) is 11.6. The summed E-state index contributed by atoms with van der Waals surface area (Å²) in [4.78, 5) is 14.1. The van der Waals surface area contributed by atoms with Gasteiger partial charge in [-0.05, 0) is 43.2 Å². The Morgan fingerprint density at radius 1 is 1.10 bits per heavy atom. The molecule has 3 rings (SSSR count). The van der Waals surface area contributed by atoms with Gasteiger partial charge in [0.1, 0.15) is 0 Å². The SMILES string of the molecule is Cc1ccc2c(c1)NC(=O)CCCN2c1ccccc1. The Labute approximate surface area is 119 Å². The summed E-state index contributed by atoms with van der Waals surface area (Å²) in [6.45, 7) is 2.89. The summed E-state index contributed by atoms with van der Waals surface area (Å²) in [6, 6.07) is 16.5. The van der Waals surface area contributed by atoms with Crippen molar-refractivity contribution in [2.75, 3.05) is 16.8 Å². The van der Waals surface area contributed by atoms with Crippen molar-refractivity contribution in [2.45, 2.75) is 19.8 Å². The number of nitrogens with one attached hydrogen (secondary N) is 1. The molecule has 102 valence electrons. The molecule has 1 heterocycles. The topological polar surface area (TPSA) is 32.3 Å². The predicted molar refractivity (Wildman–Crippen MR) is 82.5 cm³/mol. The van der Waals surface area contributed by atoms with E-state index in [0.29, 0.717) is 6.42 Å². The molecule has 0 saturated carbocycles. The number of carbonyl (C=O) groups is 1. The van der Waals surface area contributed by atoms with Gasteiger partial charge in [-0.3, -0.25) is 4.79 Å². The van der Waals surface area contributed by atoms with Crippen LogP contribution in [0, 0.1) is 6.92 Å². The van der Waals surface area contributed by atoms with Crippen LogP contribution < -0.4 is 10.2 Å². The summed E-state index contributed by atoms with van der Waals surface area (Å²) in [7, 11) is 0. The third kappa shape index (κ3) is 2.52. The van der Waals surface area contributed by atoms with Gasteiger partial charge in [0.25, 0.3) is 0 Å². The fourth-order valence-electron chi connectivity index (χ4n) is 2.59. The average Bonchev–Trinajstić information content (AvgIpc) is 2.44. The van der Waals surface area contributed by atoms with Gasteiger partial charge in [-0.2, -0.15) is 0 Å². The molecule has 3 nitrogen and oxygen atoms in total. The van der Waals surface area contributed by atoms with Gasteiger partial charge in [-0.25, -0.2) is 0 Å². The van der Waals surface area contributed by atoms with Crippen LogP contribution >= 0.6 is 0 Å². The largest absolute Gasteiger partial charge is 0.340 e. The second kappa shape index (κ2) is 5.37. The van der Waals surface area contributed by atoms with Gasteiger partial charge in [0.05, 0.1) is 11.4 Å². The number of nitrogens with zero attached hydrogens (tertiary/aromatic N) is 1. The number of benzene rings is 2. The molecule has 0 bridgehead atoms. The molecule has 2 aromatic carbocycles. The Bertz CT molecular complexity index is 622. The Morgan fingerprint density at radius 2 is 1.90 bits per heavy atom. The molecule has 2 aromatic rings. The first kappa shape index (κ1) is 12.7. The van der Waals surface area contributed by atoms with Crippen molar-refractivity contribution in [3.05, 3.63) is 54.1 Å². The van der Waals surface area contributed by atoms with Crippen molar-refractivity contribution in [1.29, 1.82) is 0 Å². The molecule has 20 heavy (non-hydrogen) atoms. The van der Waals surface area contributed by atoms with Gasteiger partial charge in [-0.1, -0.05) is 24.3 Å². The molecule has 0 aliphatic carbocycles. The van der Waals surface area contributed by atoms with Gasteiger partial charge in [-0.15, -0.1) is 0 Å². The van der Waals surface area contributed by atoms with Crippen LogP contribution in [0.25, 0.3) is 0 Å². The number of anilines is 3. The van der Waals surface area contributed by atoms with Crippen LogP contribution in [0.5, 0.6) is 0 Å². The van der Waals surface area contributed by atoms with E-state index in [1.807, 2.05) is 31.2 Å². The molecule has 0 aromatic heterocycles. The Kier molecular flexibility index (Phi) is 3.42. The molecule has 1 amide bonds. The minimum atomic E-state index is 0.101. The zero-order valence-electron chi connectivity index (χ0n) is 11.6. The van der Waals surface area contributed by atoms with Crippen LogP contribution in [0.2, 0.25) is 0 Å². The van der Waals surface area contributed by atoms with Gasteiger partial charge in [0.2, 0.25) is 5.91 Å². The summed E-state index contributed by atoms with van der Waals surface area (Å²) in [5.41, 5.74) is 4.28. The standard InChI is InChI=1S/C17H18N2O/c1-13-9-10-16-15(12-13)18-17(20)8-5-11-19(16)14-6-3-2-4-7-14/h2-4,6-7,9-10,12H,5,8,11H2,1H3,(H,18,20). The Morgan fingerprint density at radius 3 is 2.70 bits per heavy atom. The number of fused-ring (bicyclic) bond motifs is 1. The maximum atomic E-state index is 11.8. The van der Waals surface area contributed by atoms with Crippen LogP contribution in [0.1, 0.15) is 18.4 Å². The summed E-state index contributed by atoms with van der Waals surface area (Å²) >= 11 is 0. The normalized spacial score (nSPS) is 15.1. The van der Waals surface area contributed by atoms with Crippen molar-refractivity contribution in [3.63, 3.8) is 0 Å². The first-order valence-electron chi connectivity index (χ1n) is 6.97. The van der Waals surface area contributed by atoms with E-state index in [-0.39, 0.29) is 5.91 Å². The highest BCUT2D eigenvalue weighted by Gasteiger charge is 2.18. The molecule has 0 radical (unpaired) electrons. The van der Waals surface area contributed by atoms with Crippen molar-refractivity contribution < 1.29 is 4.79 Å². The van der Waals surface area contributed by atoms with Gasteiger partial charge in [0.15, 0.2) is 0 Å². The molecule has 0 fully saturated rings. The van der Waals surface area contributed by atoms with Crippen LogP contribution in [0.15, 0.2) is 48.5 Å². The van der Waals surface area contributed by atoms with Crippen LogP contribution in [-0.2, 0) is 4.79 Å². The van der Waals surface area contributed by atoms with Crippen molar-refractivity contribution in [1.82, 2.24) is 0 Å². The number of amides is 1. The molecule has 0 saturated heterocycles. The third-order valence-corrected chi connectivity index (χ3v) is 3.57. The van der Waals surface area contributed by atoms with E-state index in [1.165, 1.54) is 0 Å². The zero-order chi connectivity index (χ0) is 13.9. The fourth-order valence-corrected chi connectivity index (χ4v) is 2.59. The molecule has 1 aliphatic rings. The van der Waals surface area contributed by atoms with Gasteiger partial charge in [0, 0.05) is 18.7 Å². The fraction of sp³-hybridized carbons (Fsp3) is 0.235. The van der Waals surface area contributed by atoms with E-state index in [4.69, 9.17) is 0 Å². The van der Waals surface area contributed by atoms with Gasteiger partial charge < -0.3 is 10.2 Å². The lowest BCUT2D eigenvalue weighted by Crippen LogP contribution is -2.25. The molecule has 0 unspecified atom stereocenters. The van der Waals surface area contributed by atoms with E-state index >= 15 is 0 Å². The quantitative estimate of drug-likeness (QED) is 0.850. The summed E-state index contributed by atoms with van der Waals surface area (Å²) < 4.78 is 0. The minimum absolute atomic E-state index is 0.101. The van der Waals surface area contributed by atoms with Crippen molar-refractivity contribution in [3.8, 4) is 0 Å².